The van der Waals surface area contributed by atoms with Crippen molar-refractivity contribution < 1.29 is 9.84 Å². The molecule has 0 fully saturated rings. The minimum Gasteiger partial charge on any atom is -0.491 e. The fourth-order valence-electron chi connectivity index (χ4n) is 2.22. The molecule has 0 bridgehead atoms. The normalized spacial score (nSPS) is 12.0. The first kappa shape index (κ1) is 16.4. The molecule has 6 heteroatoms. The maximum absolute atomic E-state index is 9.97. The molecule has 1 aromatic heterocycles. The Morgan fingerprint density at radius 2 is 2.00 bits per heavy atom. The molecule has 0 radical (unpaired) electrons. The number of nitrogens with zero attached hydrogens (tertiary/aromatic N) is 2. The molecule has 0 unspecified atom stereocenters. The van der Waals surface area contributed by atoms with E-state index in [9.17, 15) is 5.11 Å². The lowest BCUT2D eigenvalue weighted by atomic mass is 10.2. The van der Waals surface area contributed by atoms with Gasteiger partial charge in [-0.05, 0) is 36.4 Å². The second-order valence-corrected chi connectivity index (χ2v) is 6.42. The van der Waals surface area contributed by atoms with Crippen LogP contribution in [0.2, 0.25) is 0 Å². The van der Waals surface area contributed by atoms with Crippen molar-refractivity contribution in [2.75, 3.05) is 13.2 Å². The van der Waals surface area contributed by atoms with Gasteiger partial charge in [-0.15, -0.1) is 11.3 Å². The van der Waals surface area contributed by atoms with Crippen molar-refractivity contribution in [2.24, 2.45) is 0 Å². The Bertz CT molecular complexity index is 806. The predicted molar refractivity (Wildman–Crippen MR) is 94.0 cm³/mol. The largest absolute Gasteiger partial charge is 0.491 e. The fourth-order valence-corrected chi connectivity index (χ4v) is 3.16. The molecule has 1 atom stereocenters. The number of aliphatic hydroxyl groups is 1. The molecular weight excluding hydrogens is 322 g/mol. The van der Waals surface area contributed by atoms with Gasteiger partial charge >= 0.3 is 0 Å². The van der Waals surface area contributed by atoms with Crippen molar-refractivity contribution >= 4 is 21.6 Å². The third-order valence-electron chi connectivity index (χ3n) is 3.42. The zero-order valence-electron chi connectivity index (χ0n) is 13.0. The van der Waals surface area contributed by atoms with Crippen LogP contribution in [0.5, 0.6) is 5.75 Å². The van der Waals surface area contributed by atoms with E-state index in [0.717, 1.165) is 10.5 Å². The highest BCUT2D eigenvalue weighted by atomic mass is 32.1. The summed E-state index contributed by atoms with van der Waals surface area (Å²) in [6.45, 7) is 1.23. The topological polar surface area (TPSA) is 78.2 Å². The average Bonchev–Trinajstić information content (AvgIpc) is 3.03. The highest BCUT2D eigenvalue weighted by Crippen LogP contribution is 2.21. The molecule has 24 heavy (non-hydrogen) atoms. The van der Waals surface area contributed by atoms with Gasteiger partial charge in [0, 0.05) is 13.1 Å². The fraction of sp³-hybridized carbons (Fsp3) is 0.222. The number of hydrogen-bond donors (Lipinski definition) is 2. The minimum atomic E-state index is -0.616. The second kappa shape index (κ2) is 7.88. The molecule has 122 valence electrons. The second-order valence-electron chi connectivity index (χ2n) is 5.31. The van der Waals surface area contributed by atoms with Gasteiger partial charge in [-0.3, -0.25) is 0 Å². The zero-order chi connectivity index (χ0) is 16.8. The summed E-state index contributed by atoms with van der Waals surface area (Å²) < 4.78 is 6.67. The van der Waals surface area contributed by atoms with E-state index in [0.29, 0.717) is 24.4 Å². The number of benzene rings is 2. The van der Waals surface area contributed by atoms with Crippen molar-refractivity contribution in [1.29, 1.82) is 5.26 Å². The van der Waals surface area contributed by atoms with Crippen LogP contribution in [0.25, 0.3) is 10.2 Å². The lowest BCUT2D eigenvalue weighted by molar-refractivity contribution is 0.106. The van der Waals surface area contributed by atoms with Crippen LogP contribution in [0.1, 0.15) is 10.6 Å². The van der Waals surface area contributed by atoms with Crippen LogP contribution >= 0.6 is 11.3 Å². The molecule has 0 spiro atoms. The van der Waals surface area contributed by atoms with E-state index in [2.05, 4.69) is 22.4 Å². The molecule has 0 saturated carbocycles. The smallest absolute Gasteiger partial charge is 0.119 e. The van der Waals surface area contributed by atoms with Gasteiger partial charge < -0.3 is 15.2 Å². The highest BCUT2D eigenvalue weighted by Gasteiger charge is 2.07. The summed E-state index contributed by atoms with van der Waals surface area (Å²) in [5.41, 5.74) is 1.59. The Morgan fingerprint density at radius 1 is 1.21 bits per heavy atom. The number of rotatable bonds is 7. The number of aromatic nitrogens is 1. The standard InChI is InChI=1S/C18H17N3O2S/c19-9-13-5-7-15(8-6-13)23-12-14(22)10-20-11-18-21-16-3-1-2-4-17(16)24-18/h1-8,14,20,22H,10-12H2/t14-/m1/s1. The molecule has 2 N–H and O–H groups in total. The quantitative estimate of drug-likeness (QED) is 0.692. The number of aliphatic hydroxyl groups excluding tert-OH is 1. The van der Waals surface area contributed by atoms with Crippen LogP contribution in [0.4, 0.5) is 0 Å². The van der Waals surface area contributed by atoms with E-state index in [1.54, 1.807) is 35.6 Å². The first-order valence-electron chi connectivity index (χ1n) is 7.61. The maximum Gasteiger partial charge on any atom is 0.119 e. The molecule has 0 aliphatic carbocycles. The third kappa shape index (κ3) is 4.30. The lowest BCUT2D eigenvalue weighted by Crippen LogP contribution is -2.31. The summed E-state index contributed by atoms with van der Waals surface area (Å²) in [4.78, 5) is 4.54. The summed E-state index contributed by atoms with van der Waals surface area (Å²) in [6.07, 6.45) is -0.616. The maximum atomic E-state index is 9.97. The molecule has 3 aromatic rings. The molecule has 0 saturated heterocycles. The zero-order valence-corrected chi connectivity index (χ0v) is 13.8. The van der Waals surface area contributed by atoms with Gasteiger partial charge in [-0.25, -0.2) is 4.98 Å². The van der Waals surface area contributed by atoms with Crippen molar-refractivity contribution in [3.63, 3.8) is 0 Å². The van der Waals surface area contributed by atoms with Gasteiger partial charge in [0.05, 0.1) is 21.8 Å². The molecule has 0 aliphatic rings. The van der Waals surface area contributed by atoms with Crippen LogP contribution in [-0.2, 0) is 6.54 Å². The predicted octanol–water partition coefficient (Wildman–Crippen LogP) is 2.70. The number of para-hydroxylation sites is 1. The number of ether oxygens (including phenoxy) is 1. The number of nitriles is 1. The first-order valence-corrected chi connectivity index (χ1v) is 8.42. The minimum absolute atomic E-state index is 0.193. The summed E-state index contributed by atoms with van der Waals surface area (Å²) in [5.74, 6) is 0.638. The number of thiazole rings is 1. The third-order valence-corrected chi connectivity index (χ3v) is 4.46. The number of fused-ring (bicyclic) bond motifs is 1. The molecule has 1 heterocycles. The molecule has 2 aromatic carbocycles. The Labute approximate surface area is 144 Å². The molecule has 5 nitrogen and oxygen atoms in total. The Balaban J connectivity index is 1.42. The van der Waals surface area contributed by atoms with E-state index in [1.165, 1.54) is 4.70 Å². The number of nitrogens with one attached hydrogen (secondary N) is 1. The Morgan fingerprint density at radius 3 is 2.75 bits per heavy atom. The van der Waals surface area contributed by atoms with Gasteiger partial charge in [0.25, 0.3) is 0 Å². The van der Waals surface area contributed by atoms with Gasteiger partial charge in [-0.2, -0.15) is 5.26 Å². The number of hydrogen-bond acceptors (Lipinski definition) is 6. The van der Waals surface area contributed by atoms with Crippen LogP contribution in [0.15, 0.2) is 48.5 Å². The van der Waals surface area contributed by atoms with Gasteiger partial charge in [-0.1, -0.05) is 12.1 Å². The van der Waals surface area contributed by atoms with Crippen molar-refractivity contribution in [2.45, 2.75) is 12.6 Å². The molecule has 0 aliphatic heterocycles. The molecular formula is C18H17N3O2S. The summed E-state index contributed by atoms with van der Waals surface area (Å²) in [6, 6.07) is 16.9. The van der Waals surface area contributed by atoms with Gasteiger partial charge in [0.1, 0.15) is 23.5 Å². The SMILES string of the molecule is N#Cc1ccc(OC[C@H](O)CNCc2nc3ccccc3s2)cc1. The summed E-state index contributed by atoms with van der Waals surface area (Å²) in [7, 11) is 0. The molecule has 3 rings (SSSR count). The highest BCUT2D eigenvalue weighted by molar-refractivity contribution is 7.18. The lowest BCUT2D eigenvalue weighted by Gasteiger charge is -2.12. The Hall–Kier alpha value is -2.46. The van der Waals surface area contributed by atoms with Crippen LogP contribution in [0.3, 0.4) is 0 Å². The summed E-state index contributed by atoms with van der Waals surface area (Å²) in [5, 5.41) is 22.9. The van der Waals surface area contributed by atoms with E-state index in [1.807, 2.05) is 18.2 Å². The van der Waals surface area contributed by atoms with Gasteiger partial charge in [0.15, 0.2) is 0 Å². The van der Waals surface area contributed by atoms with E-state index in [-0.39, 0.29) is 6.61 Å². The average molecular weight is 339 g/mol. The van der Waals surface area contributed by atoms with Crippen molar-refractivity contribution in [3.8, 4) is 11.8 Å². The van der Waals surface area contributed by atoms with E-state index >= 15 is 0 Å². The monoisotopic (exact) mass is 339 g/mol. The Kier molecular flexibility index (Phi) is 5.39. The van der Waals surface area contributed by atoms with E-state index in [4.69, 9.17) is 10.00 Å². The van der Waals surface area contributed by atoms with Crippen molar-refractivity contribution in [3.05, 3.63) is 59.1 Å². The van der Waals surface area contributed by atoms with Crippen LogP contribution in [-0.4, -0.2) is 29.3 Å². The molecule has 0 amide bonds. The van der Waals surface area contributed by atoms with Crippen LogP contribution in [0, 0.1) is 11.3 Å². The van der Waals surface area contributed by atoms with E-state index < -0.39 is 6.10 Å². The van der Waals surface area contributed by atoms with Gasteiger partial charge in [0.2, 0.25) is 0 Å². The van der Waals surface area contributed by atoms with Crippen LogP contribution < -0.4 is 10.1 Å². The first-order chi connectivity index (χ1) is 11.7. The van der Waals surface area contributed by atoms with Crippen molar-refractivity contribution in [1.82, 2.24) is 10.3 Å². The summed E-state index contributed by atoms with van der Waals surface area (Å²) >= 11 is 1.65.